The first-order valence-corrected chi connectivity index (χ1v) is 8.35. The number of hydrogen-bond acceptors (Lipinski definition) is 4. The molecule has 0 heterocycles. The lowest BCUT2D eigenvalue weighted by Gasteiger charge is -2.38. The van der Waals surface area contributed by atoms with Crippen LogP contribution in [0.15, 0.2) is 42.5 Å². The Morgan fingerprint density at radius 3 is 2.69 bits per heavy atom. The van der Waals surface area contributed by atoms with E-state index in [4.69, 9.17) is 4.74 Å². The maximum Gasteiger partial charge on any atom is 0.253 e. The summed E-state index contributed by atoms with van der Waals surface area (Å²) in [4.78, 5) is 12.7. The number of rotatable bonds is 5. The molecule has 2 aromatic carbocycles. The van der Waals surface area contributed by atoms with Crippen molar-refractivity contribution in [3.05, 3.63) is 65.0 Å². The third-order valence-corrected chi connectivity index (χ3v) is 4.73. The number of aliphatic hydroxyl groups excluding tert-OH is 1. The van der Waals surface area contributed by atoms with E-state index in [1.54, 1.807) is 30.3 Å². The molecule has 2 N–H and O–H groups in total. The average molecular weight is 354 g/mol. The van der Waals surface area contributed by atoms with E-state index in [9.17, 15) is 19.6 Å². The van der Waals surface area contributed by atoms with Gasteiger partial charge in [0, 0.05) is 0 Å². The number of nitriles is 1. The SMILES string of the molecule is COc1ccc([C@@H](NC(=O)c2ccccc2C#N)C2CC(O)C2)cc1F. The Kier molecular flexibility index (Phi) is 5.19. The molecule has 1 amide bonds. The maximum atomic E-state index is 14.1. The van der Waals surface area contributed by atoms with Crippen molar-refractivity contribution >= 4 is 5.91 Å². The van der Waals surface area contributed by atoms with Gasteiger partial charge in [0.15, 0.2) is 11.6 Å². The van der Waals surface area contributed by atoms with Crippen molar-refractivity contribution in [2.24, 2.45) is 5.92 Å². The summed E-state index contributed by atoms with van der Waals surface area (Å²) in [6, 6.07) is 12.6. The second-order valence-corrected chi connectivity index (χ2v) is 6.39. The molecule has 0 bridgehead atoms. The van der Waals surface area contributed by atoms with Crippen LogP contribution < -0.4 is 10.1 Å². The highest BCUT2D eigenvalue weighted by Gasteiger charge is 2.36. The van der Waals surface area contributed by atoms with Crippen molar-refractivity contribution in [3.8, 4) is 11.8 Å². The number of benzene rings is 2. The maximum absolute atomic E-state index is 14.1. The lowest BCUT2D eigenvalue weighted by atomic mass is 9.75. The number of nitrogens with one attached hydrogen (secondary N) is 1. The Labute approximate surface area is 151 Å². The second kappa shape index (κ2) is 7.54. The molecule has 0 saturated heterocycles. The van der Waals surface area contributed by atoms with Gasteiger partial charge in [-0.25, -0.2) is 4.39 Å². The molecule has 0 spiro atoms. The standard InChI is InChI=1S/C20H19FN2O3/c1-26-18-7-6-12(10-17(18)21)19(14-8-15(24)9-14)23-20(25)16-5-3-2-4-13(16)11-22/h2-7,10,14-15,19,24H,8-9H2,1H3,(H,23,25)/t14?,15?,19-/m1/s1. The fourth-order valence-corrected chi connectivity index (χ4v) is 3.25. The van der Waals surface area contributed by atoms with Crippen LogP contribution in [0.4, 0.5) is 4.39 Å². The lowest BCUT2D eigenvalue weighted by Crippen LogP contribution is -2.41. The minimum Gasteiger partial charge on any atom is -0.494 e. The molecule has 1 atom stereocenters. The Morgan fingerprint density at radius 1 is 1.35 bits per heavy atom. The average Bonchev–Trinajstić information content (AvgIpc) is 2.63. The molecule has 1 fully saturated rings. The summed E-state index contributed by atoms with van der Waals surface area (Å²) in [5.41, 5.74) is 1.15. The number of amides is 1. The second-order valence-electron chi connectivity index (χ2n) is 6.39. The molecule has 0 aromatic heterocycles. The molecule has 1 aliphatic rings. The van der Waals surface area contributed by atoms with Gasteiger partial charge in [0.25, 0.3) is 5.91 Å². The summed E-state index contributed by atoms with van der Waals surface area (Å²) in [6.07, 6.45) is 0.644. The molecule has 0 unspecified atom stereocenters. The van der Waals surface area contributed by atoms with Gasteiger partial charge in [0.2, 0.25) is 0 Å². The smallest absolute Gasteiger partial charge is 0.253 e. The van der Waals surface area contributed by atoms with Gasteiger partial charge in [-0.2, -0.15) is 5.26 Å². The van der Waals surface area contributed by atoms with Crippen LogP contribution >= 0.6 is 0 Å². The summed E-state index contributed by atoms with van der Waals surface area (Å²) in [5, 5.41) is 21.7. The summed E-state index contributed by atoms with van der Waals surface area (Å²) in [6.45, 7) is 0. The zero-order valence-electron chi connectivity index (χ0n) is 14.3. The Hall–Kier alpha value is -2.91. The molecule has 26 heavy (non-hydrogen) atoms. The molecule has 3 rings (SSSR count). The number of ether oxygens (including phenoxy) is 1. The Morgan fingerprint density at radius 2 is 2.08 bits per heavy atom. The van der Waals surface area contributed by atoms with Gasteiger partial charge < -0.3 is 15.2 Å². The van der Waals surface area contributed by atoms with Crippen molar-refractivity contribution < 1.29 is 19.0 Å². The van der Waals surface area contributed by atoms with Crippen LogP contribution in [0.5, 0.6) is 5.75 Å². The molecule has 134 valence electrons. The predicted octanol–water partition coefficient (Wildman–Crippen LogP) is 2.95. The number of nitrogens with zero attached hydrogens (tertiary/aromatic N) is 1. The minimum atomic E-state index is -0.512. The highest BCUT2D eigenvalue weighted by molar-refractivity contribution is 5.96. The van der Waals surface area contributed by atoms with Crippen molar-refractivity contribution in [2.45, 2.75) is 25.0 Å². The van der Waals surface area contributed by atoms with E-state index in [1.807, 2.05) is 6.07 Å². The number of hydrogen-bond donors (Lipinski definition) is 2. The normalized spacial score (nSPS) is 19.8. The predicted molar refractivity (Wildman–Crippen MR) is 93.0 cm³/mol. The molecule has 1 aliphatic carbocycles. The zero-order chi connectivity index (χ0) is 18.7. The zero-order valence-corrected chi connectivity index (χ0v) is 14.3. The van der Waals surface area contributed by atoms with E-state index in [0.29, 0.717) is 18.4 Å². The van der Waals surface area contributed by atoms with Gasteiger partial charge in [0.1, 0.15) is 0 Å². The van der Waals surface area contributed by atoms with Gasteiger partial charge in [-0.15, -0.1) is 0 Å². The number of carbonyl (C=O) groups excluding carboxylic acids is 1. The van der Waals surface area contributed by atoms with Crippen molar-refractivity contribution in [1.29, 1.82) is 5.26 Å². The highest BCUT2D eigenvalue weighted by Crippen LogP contribution is 2.39. The molecule has 5 nitrogen and oxygen atoms in total. The van der Waals surface area contributed by atoms with E-state index in [2.05, 4.69) is 5.32 Å². The molecule has 0 aliphatic heterocycles. The van der Waals surface area contributed by atoms with E-state index in [1.165, 1.54) is 19.2 Å². The number of aliphatic hydroxyl groups is 1. The fourth-order valence-electron chi connectivity index (χ4n) is 3.25. The monoisotopic (exact) mass is 354 g/mol. The van der Waals surface area contributed by atoms with E-state index in [0.717, 1.165) is 0 Å². The Bertz CT molecular complexity index is 856. The molecular formula is C20H19FN2O3. The number of carbonyl (C=O) groups is 1. The van der Waals surface area contributed by atoms with Crippen LogP contribution in [0.2, 0.25) is 0 Å². The van der Waals surface area contributed by atoms with E-state index < -0.39 is 23.9 Å². The highest BCUT2D eigenvalue weighted by atomic mass is 19.1. The van der Waals surface area contributed by atoms with Gasteiger partial charge in [-0.05, 0) is 48.6 Å². The molecule has 2 aromatic rings. The first-order chi connectivity index (χ1) is 12.5. The van der Waals surface area contributed by atoms with Gasteiger partial charge in [0.05, 0.1) is 36.5 Å². The first-order valence-electron chi connectivity index (χ1n) is 8.35. The van der Waals surface area contributed by atoms with Crippen LogP contribution in [0.25, 0.3) is 0 Å². The third-order valence-electron chi connectivity index (χ3n) is 4.73. The fraction of sp³-hybridized carbons (Fsp3) is 0.300. The third kappa shape index (κ3) is 3.53. The number of methoxy groups -OCH3 is 1. The van der Waals surface area contributed by atoms with Crippen molar-refractivity contribution in [2.75, 3.05) is 7.11 Å². The molecule has 1 saturated carbocycles. The van der Waals surface area contributed by atoms with Gasteiger partial charge in [-0.3, -0.25) is 4.79 Å². The molecule has 0 radical (unpaired) electrons. The summed E-state index contributed by atoms with van der Waals surface area (Å²) in [5.74, 6) is -0.787. The van der Waals surface area contributed by atoms with Gasteiger partial charge in [-0.1, -0.05) is 18.2 Å². The van der Waals surface area contributed by atoms with Crippen LogP contribution in [0, 0.1) is 23.1 Å². The topological polar surface area (TPSA) is 82.3 Å². The summed E-state index contributed by atoms with van der Waals surface area (Å²) < 4.78 is 19.1. The quantitative estimate of drug-likeness (QED) is 0.865. The van der Waals surface area contributed by atoms with E-state index in [-0.39, 0.29) is 22.8 Å². The van der Waals surface area contributed by atoms with E-state index >= 15 is 0 Å². The first kappa shape index (κ1) is 17.9. The Balaban J connectivity index is 1.89. The lowest BCUT2D eigenvalue weighted by molar-refractivity contribution is 0.0234. The number of halogens is 1. The summed E-state index contributed by atoms with van der Waals surface area (Å²) >= 11 is 0. The van der Waals surface area contributed by atoms with Crippen LogP contribution in [0.1, 0.15) is 40.4 Å². The van der Waals surface area contributed by atoms with Crippen molar-refractivity contribution in [1.82, 2.24) is 5.32 Å². The van der Waals surface area contributed by atoms with Crippen molar-refractivity contribution in [3.63, 3.8) is 0 Å². The largest absolute Gasteiger partial charge is 0.494 e. The van der Waals surface area contributed by atoms with Crippen LogP contribution in [0.3, 0.4) is 0 Å². The summed E-state index contributed by atoms with van der Waals surface area (Å²) in [7, 11) is 1.39. The van der Waals surface area contributed by atoms with Crippen LogP contribution in [-0.4, -0.2) is 24.2 Å². The molecule has 6 heteroatoms. The molecular weight excluding hydrogens is 335 g/mol. The van der Waals surface area contributed by atoms with Gasteiger partial charge >= 0.3 is 0 Å². The minimum absolute atomic E-state index is 0.00371. The van der Waals surface area contributed by atoms with Crippen LogP contribution in [-0.2, 0) is 0 Å².